The quantitative estimate of drug-likeness (QED) is 0.893. The number of carboxylic acids is 1. The van der Waals surface area contributed by atoms with Crippen LogP contribution >= 0.6 is 0 Å². The van der Waals surface area contributed by atoms with Gasteiger partial charge in [-0.3, -0.25) is 0 Å². The van der Waals surface area contributed by atoms with Crippen LogP contribution in [0.4, 0.5) is 0 Å². The average Bonchev–Trinajstić information content (AvgIpc) is 2.42. The van der Waals surface area contributed by atoms with Gasteiger partial charge in [-0.25, -0.2) is 9.78 Å². The van der Waals surface area contributed by atoms with Crippen molar-refractivity contribution in [2.45, 2.75) is 6.92 Å². The Morgan fingerprint density at radius 2 is 1.84 bits per heavy atom. The first-order chi connectivity index (χ1) is 9.19. The lowest BCUT2D eigenvalue weighted by atomic mass is 10.3. The minimum absolute atomic E-state index is 0.0524. The van der Waals surface area contributed by atoms with Crippen molar-refractivity contribution in [2.75, 3.05) is 6.61 Å². The molecule has 0 amide bonds. The van der Waals surface area contributed by atoms with Crippen molar-refractivity contribution in [3.8, 4) is 17.4 Å². The van der Waals surface area contributed by atoms with Crippen molar-refractivity contribution < 1.29 is 19.4 Å². The standard InChI is InChI=1S/C14H13NO4/c1-2-18-10-6-8-11(9-7-10)19-13-5-3-4-12(15-13)14(16)17/h3-9H,2H2,1H3,(H,16,17). The molecule has 0 atom stereocenters. The smallest absolute Gasteiger partial charge is 0.354 e. The summed E-state index contributed by atoms with van der Waals surface area (Å²) in [4.78, 5) is 14.7. The van der Waals surface area contributed by atoms with Crippen molar-refractivity contribution in [1.82, 2.24) is 4.98 Å². The zero-order valence-corrected chi connectivity index (χ0v) is 10.4. The van der Waals surface area contributed by atoms with Crippen molar-refractivity contribution in [3.63, 3.8) is 0 Å². The molecule has 2 aromatic rings. The molecule has 5 nitrogen and oxygen atoms in total. The molecule has 98 valence electrons. The average molecular weight is 259 g/mol. The maximum absolute atomic E-state index is 10.8. The molecule has 0 unspecified atom stereocenters. The summed E-state index contributed by atoms with van der Waals surface area (Å²) in [5.74, 6) is 0.474. The molecule has 5 heteroatoms. The van der Waals surface area contributed by atoms with Gasteiger partial charge in [-0.15, -0.1) is 0 Å². The third kappa shape index (κ3) is 3.45. The number of ether oxygens (including phenoxy) is 2. The Labute approximate surface area is 110 Å². The molecule has 0 fully saturated rings. The van der Waals surface area contributed by atoms with Gasteiger partial charge in [0.1, 0.15) is 11.5 Å². The van der Waals surface area contributed by atoms with E-state index in [1.165, 1.54) is 6.07 Å². The van der Waals surface area contributed by atoms with E-state index in [0.717, 1.165) is 5.75 Å². The Bertz CT molecular complexity index is 566. The van der Waals surface area contributed by atoms with Gasteiger partial charge < -0.3 is 14.6 Å². The fourth-order valence-corrected chi connectivity index (χ4v) is 1.48. The summed E-state index contributed by atoms with van der Waals surface area (Å²) in [5, 5.41) is 8.84. The normalized spacial score (nSPS) is 9.95. The number of nitrogens with zero attached hydrogens (tertiary/aromatic N) is 1. The Balaban J connectivity index is 2.12. The summed E-state index contributed by atoms with van der Waals surface area (Å²) in [6.45, 7) is 2.51. The SMILES string of the molecule is CCOc1ccc(Oc2cccc(C(=O)O)n2)cc1. The first-order valence-corrected chi connectivity index (χ1v) is 5.80. The number of aromatic nitrogens is 1. The number of aromatic carboxylic acids is 1. The summed E-state index contributed by atoms with van der Waals surface area (Å²) < 4.78 is 10.8. The van der Waals surface area contributed by atoms with Gasteiger partial charge in [-0.05, 0) is 37.3 Å². The summed E-state index contributed by atoms with van der Waals surface area (Å²) >= 11 is 0. The third-order valence-electron chi connectivity index (χ3n) is 2.30. The number of rotatable bonds is 5. The van der Waals surface area contributed by atoms with E-state index >= 15 is 0 Å². The maximum atomic E-state index is 10.8. The van der Waals surface area contributed by atoms with Gasteiger partial charge in [0.15, 0.2) is 5.69 Å². The highest BCUT2D eigenvalue weighted by Crippen LogP contribution is 2.22. The fraction of sp³-hybridized carbons (Fsp3) is 0.143. The predicted molar refractivity (Wildman–Crippen MR) is 68.9 cm³/mol. The van der Waals surface area contributed by atoms with Crippen LogP contribution in [-0.2, 0) is 0 Å². The van der Waals surface area contributed by atoms with Crippen LogP contribution in [-0.4, -0.2) is 22.7 Å². The van der Waals surface area contributed by atoms with E-state index in [1.54, 1.807) is 36.4 Å². The van der Waals surface area contributed by atoms with Gasteiger partial charge in [0.2, 0.25) is 5.88 Å². The van der Waals surface area contributed by atoms with Gasteiger partial charge in [-0.2, -0.15) is 0 Å². The van der Waals surface area contributed by atoms with Crippen LogP contribution in [0.3, 0.4) is 0 Å². The van der Waals surface area contributed by atoms with Crippen LogP contribution in [0.1, 0.15) is 17.4 Å². The molecule has 0 aliphatic rings. The molecule has 0 aliphatic heterocycles. The molecule has 0 radical (unpaired) electrons. The molecule has 0 aliphatic carbocycles. The van der Waals surface area contributed by atoms with E-state index in [-0.39, 0.29) is 11.6 Å². The highest BCUT2D eigenvalue weighted by Gasteiger charge is 2.06. The second-order valence-corrected chi connectivity index (χ2v) is 3.67. The molecule has 2 rings (SSSR count). The van der Waals surface area contributed by atoms with E-state index in [9.17, 15) is 4.79 Å². The van der Waals surface area contributed by atoms with Crippen molar-refractivity contribution in [1.29, 1.82) is 0 Å². The second kappa shape index (κ2) is 5.86. The van der Waals surface area contributed by atoms with Gasteiger partial charge in [-0.1, -0.05) is 6.07 Å². The van der Waals surface area contributed by atoms with E-state index in [1.807, 2.05) is 6.92 Å². The minimum atomic E-state index is -1.09. The number of hydrogen-bond acceptors (Lipinski definition) is 4. The van der Waals surface area contributed by atoms with Crippen LogP contribution in [0.5, 0.6) is 17.4 Å². The van der Waals surface area contributed by atoms with E-state index in [4.69, 9.17) is 14.6 Å². The highest BCUT2D eigenvalue weighted by molar-refractivity contribution is 5.85. The number of hydrogen-bond donors (Lipinski definition) is 1. The van der Waals surface area contributed by atoms with Crippen molar-refractivity contribution in [2.24, 2.45) is 0 Å². The van der Waals surface area contributed by atoms with Gasteiger partial charge in [0.05, 0.1) is 6.61 Å². The third-order valence-corrected chi connectivity index (χ3v) is 2.30. The van der Waals surface area contributed by atoms with Crippen LogP contribution in [0.15, 0.2) is 42.5 Å². The molecular formula is C14H13NO4. The molecule has 19 heavy (non-hydrogen) atoms. The molecule has 1 aromatic carbocycles. The molecule has 0 spiro atoms. The first-order valence-electron chi connectivity index (χ1n) is 5.80. The minimum Gasteiger partial charge on any atom is -0.494 e. The zero-order valence-electron chi connectivity index (χ0n) is 10.4. The maximum Gasteiger partial charge on any atom is 0.354 e. The van der Waals surface area contributed by atoms with Gasteiger partial charge in [0.25, 0.3) is 0 Å². The van der Waals surface area contributed by atoms with Gasteiger partial charge >= 0.3 is 5.97 Å². The monoisotopic (exact) mass is 259 g/mol. The Hall–Kier alpha value is -2.56. The largest absolute Gasteiger partial charge is 0.494 e. The van der Waals surface area contributed by atoms with Crippen LogP contribution < -0.4 is 9.47 Å². The number of carboxylic acid groups (broad SMARTS) is 1. The van der Waals surface area contributed by atoms with Crippen LogP contribution in [0.2, 0.25) is 0 Å². The summed E-state index contributed by atoms with van der Waals surface area (Å²) in [5.41, 5.74) is -0.0524. The Morgan fingerprint density at radius 3 is 2.47 bits per heavy atom. The summed E-state index contributed by atoms with van der Waals surface area (Å²) in [7, 11) is 0. The number of benzene rings is 1. The van der Waals surface area contributed by atoms with Crippen molar-refractivity contribution in [3.05, 3.63) is 48.2 Å². The molecule has 1 aromatic heterocycles. The summed E-state index contributed by atoms with van der Waals surface area (Å²) in [6, 6.07) is 11.6. The number of pyridine rings is 1. The van der Waals surface area contributed by atoms with Gasteiger partial charge in [0, 0.05) is 6.07 Å². The molecule has 0 saturated carbocycles. The summed E-state index contributed by atoms with van der Waals surface area (Å²) in [6.07, 6.45) is 0. The van der Waals surface area contributed by atoms with Crippen molar-refractivity contribution >= 4 is 5.97 Å². The Morgan fingerprint density at radius 1 is 1.16 bits per heavy atom. The lowest BCUT2D eigenvalue weighted by Crippen LogP contribution is -2.00. The molecule has 0 saturated heterocycles. The number of carbonyl (C=O) groups is 1. The van der Waals surface area contributed by atoms with E-state index in [2.05, 4.69) is 4.98 Å². The van der Waals surface area contributed by atoms with Crippen LogP contribution in [0, 0.1) is 0 Å². The van der Waals surface area contributed by atoms with E-state index in [0.29, 0.717) is 12.4 Å². The fourth-order valence-electron chi connectivity index (χ4n) is 1.48. The zero-order chi connectivity index (χ0) is 13.7. The lowest BCUT2D eigenvalue weighted by Gasteiger charge is -2.06. The molecule has 1 N–H and O–H groups in total. The predicted octanol–water partition coefficient (Wildman–Crippen LogP) is 2.97. The lowest BCUT2D eigenvalue weighted by molar-refractivity contribution is 0.0689. The first kappa shape index (κ1) is 12.9. The highest BCUT2D eigenvalue weighted by atomic mass is 16.5. The van der Waals surface area contributed by atoms with E-state index < -0.39 is 5.97 Å². The molecular weight excluding hydrogens is 246 g/mol. The molecule has 0 bridgehead atoms. The topological polar surface area (TPSA) is 68.7 Å². The Kier molecular flexibility index (Phi) is 3.97. The molecule has 1 heterocycles. The second-order valence-electron chi connectivity index (χ2n) is 3.67. The van der Waals surface area contributed by atoms with Crippen LogP contribution in [0.25, 0.3) is 0 Å².